The van der Waals surface area contributed by atoms with Crippen LogP contribution in [0.3, 0.4) is 0 Å². The first kappa shape index (κ1) is 25.8. The molecule has 1 aromatic heterocycles. The van der Waals surface area contributed by atoms with E-state index in [-0.39, 0.29) is 39.5 Å². The molecule has 0 aliphatic heterocycles. The van der Waals surface area contributed by atoms with E-state index in [1.165, 1.54) is 27.2 Å². The van der Waals surface area contributed by atoms with E-state index in [1.54, 1.807) is 12.1 Å². The quantitative estimate of drug-likeness (QED) is 0.353. The van der Waals surface area contributed by atoms with Gasteiger partial charge in [-0.1, -0.05) is 23.7 Å². The largest absolute Gasteiger partial charge is 0.422 e. The molecule has 1 amide bonds. The fourth-order valence-electron chi connectivity index (χ4n) is 3.08. The van der Waals surface area contributed by atoms with Crippen molar-refractivity contribution in [3.8, 4) is 5.75 Å². The molecule has 3 aromatic rings. The highest BCUT2D eigenvalue weighted by Gasteiger charge is 2.21. The Bertz CT molecular complexity index is 1430. The summed E-state index contributed by atoms with van der Waals surface area (Å²) >= 11 is 12.5. The SMILES string of the molecule is CNS(=O)(=O)Nc1cccc(Cc2c(CCl)c3cc(F)c(OC(=O)N(C)C)cc3oc2=O)c1Cl. The highest BCUT2D eigenvalue weighted by atomic mass is 35.5. The maximum absolute atomic E-state index is 14.7. The van der Waals surface area contributed by atoms with Gasteiger partial charge in [0.25, 0.3) is 10.2 Å². The molecule has 1 heterocycles. The third-order valence-electron chi connectivity index (χ3n) is 4.83. The third-order valence-corrected chi connectivity index (χ3v) is 6.57. The summed E-state index contributed by atoms with van der Waals surface area (Å²) in [6, 6.07) is 6.79. The van der Waals surface area contributed by atoms with Gasteiger partial charge >= 0.3 is 11.7 Å². The topological polar surface area (TPSA) is 118 Å². The van der Waals surface area contributed by atoms with Crippen LogP contribution >= 0.6 is 23.2 Å². The van der Waals surface area contributed by atoms with Crippen molar-refractivity contribution in [1.82, 2.24) is 9.62 Å². The van der Waals surface area contributed by atoms with Gasteiger partial charge in [0.2, 0.25) is 0 Å². The molecule has 0 saturated heterocycles. The lowest BCUT2D eigenvalue weighted by molar-refractivity contribution is 0.170. The van der Waals surface area contributed by atoms with E-state index >= 15 is 0 Å². The molecule has 3 rings (SSSR count). The first-order valence-electron chi connectivity index (χ1n) is 9.69. The molecule has 0 spiro atoms. The summed E-state index contributed by atoms with van der Waals surface area (Å²) in [6.45, 7) is 0. The average molecular weight is 532 g/mol. The van der Waals surface area contributed by atoms with Gasteiger partial charge in [-0.3, -0.25) is 4.72 Å². The van der Waals surface area contributed by atoms with E-state index in [0.717, 1.165) is 17.0 Å². The summed E-state index contributed by atoms with van der Waals surface area (Å²) in [6.07, 6.45) is -0.869. The molecule has 0 atom stereocenters. The first-order chi connectivity index (χ1) is 16.0. The predicted octanol–water partition coefficient (Wildman–Crippen LogP) is 3.85. The van der Waals surface area contributed by atoms with Crippen molar-refractivity contribution < 1.29 is 26.8 Å². The second-order valence-electron chi connectivity index (χ2n) is 7.29. The number of nitrogens with one attached hydrogen (secondary N) is 2. The number of benzene rings is 2. The number of nitrogens with zero attached hydrogens (tertiary/aromatic N) is 1. The molecule has 0 fully saturated rings. The van der Waals surface area contributed by atoms with Gasteiger partial charge in [0.05, 0.1) is 10.7 Å². The molecule has 9 nitrogen and oxygen atoms in total. The molecular weight excluding hydrogens is 512 g/mol. The minimum atomic E-state index is -3.82. The van der Waals surface area contributed by atoms with Gasteiger partial charge < -0.3 is 14.1 Å². The van der Waals surface area contributed by atoms with Crippen LogP contribution in [-0.2, 0) is 22.5 Å². The van der Waals surface area contributed by atoms with Crippen molar-refractivity contribution in [2.45, 2.75) is 12.3 Å². The zero-order valence-corrected chi connectivity index (χ0v) is 20.6. The molecule has 0 aliphatic rings. The Balaban J connectivity index is 2.08. The molecule has 0 saturated carbocycles. The standard InChI is InChI=1S/C21H20Cl2FN3O6S/c1-25-34(30,31)26-16-6-4-5-11(19(16)23)7-13-14(10-22)12-8-15(24)18(33-21(29)27(2)3)9-17(12)32-20(13)28/h4-6,8-9,25-26H,7,10H2,1-3H3. The van der Waals surface area contributed by atoms with Crippen LogP contribution in [0.2, 0.25) is 5.02 Å². The fourth-order valence-corrected chi connectivity index (χ4v) is 4.24. The average Bonchev–Trinajstić information content (AvgIpc) is 2.77. The number of anilines is 1. The lowest BCUT2D eigenvalue weighted by Crippen LogP contribution is -2.26. The maximum atomic E-state index is 14.7. The van der Waals surface area contributed by atoms with Crippen molar-refractivity contribution in [2.24, 2.45) is 0 Å². The maximum Gasteiger partial charge on any atom is 0.414 e. The second-order valence-corrected chi connectivity index (χ2v) is 9.55. The Hall–Kier alpha value is -2.86. The van der Waals surface area contributed by atoms with E-state index in [2.05, 4.69) is 9.44 Å². The molecular formula is C21H20Cl2FN3O6S. The van der Waals surface area contributed by atoms with E-state index in [0.29, 0.717) is 11.1 Å². The van der Waals surface area contributed by atoms with Crippen LogP contribution in [0.15, 0.2) is 39.5 Å². The lowest BCUT2D eigenvalue weighted by Gasteiger charge is -2.15. The van der Waals surface area contributed by atoms with Crippen molar-refractivity contribution in [1.29, 1.82) is 0 Å². The van der Waals surface area contributed by atoms with E-state index in [9.17, 15) is 22.4 Å². The minimum Gasteiger partial charge on any atom is -0.422 e. The van der Waals surface area contributed by atoms with Gasteiger partial charge in [-0.2, -0.15) is 8.42 Å². The molecule has 0 radical (unpaired) electrons. The lowest BCUT2D eigenvalue weighted by atomic mass is 9.99. The summed E-state index contributed by atoms with van der Waals surface area (Å²) in [5.74, 6) is -1.41. The van der Waals surface area contributed by atoms with Gasteiger partial charge in [0.1, 0.15) is 5.58 Å². The summed E-state index contributed by atoms with van der Waals surface area (Å²) in [5, 5.41) is 0.286. The molecule has 182 valence electrons. The summed E-state index contributed by atoms with van der Waals surface area (Å²) < 4.78 is 53.0. The van der Waals surface area contributed by atoms with Crippen LogP contribution in [0.1, 0.15) is 16.7 Å². The molecule has 2 N–H and O–H groups in total. The summed E-state index contributed by atoms with van der Waals surface area (Å²) in [5.41, 5.74) is 0.161. The number of hydrogen-bond donors (Lipinski definition) is 2. The van der Waals surface area contributed by atoms with Crippen LogP contribution in [0, 0.1) is 5.82 Å². The number of fused-ring (bicyclic) bond motifs is 1. The van der Waals surface area contributed by atoms with E-state index < -0.39 is 33.5 Å². The number of halogens is 3. The molecule has 2 aromatic carbocycles. The fraction of sp³-hybridized carbons (Fsp3) is 0.238. The van der Waals surface area contributed by atoms with E-state index in [4.69, 9.17) is 32.4 Å². The monoisotopic (exact) mass is 531 g/mol. The van der Waals surface area contributed by atoms with Gasteiger partial charge in [0, 0.05) is 50.5 Å². The Labute approximate surface area is 204 Å². The molecule has 0 aliphatic carbocycles. The Morgan fingerprint density at radius 3 is 2.56 bits per heavy atom. The van der Waals surface area contributed by atoms with Gasteiger partial charge in [-0.25, -0.2) is 18.7 Å². The highest BCUT2D eigenvalue weighted by molar-refractivity contribution is 7.90. The zero-order chi connectivity index (χ0) is 25.2. The van der Waals surface area contributed by atoms with Crippen molar-refractivity contribution in [3.63, 3.8) is 0 Å². The minimum absolute atomic E-state index is 0.0195. The van der Waals surface area contributed by atoms with E-state index in [1.807, 2.05) is 0 Å². The number of rotatable bonds is 7. The number of hydrogen-bond acceptors (Lipinski definition) is 6. The van der Waals surface area contributed by atoms with Crippen LogP contribution < -0.4 is 19.8 Å². The predicted molar refractivity (Wildman–Crippen MR) is 128 cm³/mol. The molecule has 13 heteroatoms. The van der Waals surface area contributed by atoms with Gasteiger partial charge in [0.15, 0.2) is 11.6 Å². The first-order valence-corrected chi connectivity index (χ1v) is 12.1. The Kier molecular flexibility index (Phi) is 7.71. The van der Waals surface area contributed by atoms with Crippen molar-refractivity contribution in [3.05, 3.63) is 68.3 Å². The normalized spacial score (nSPS) is 11.5. The van der Waals surface area contributed by atoms with Gasteiger partial charge in [-0.05, 0) is 23.3 Å². The van der Waals surface area contributed by atoms with Crippen LogP contribution in [0.5, 0.6) is 5.75 Å². The summed E-state index contributed by atoms with van der Waals surface area (Å²) in [7, 11) is 0.279. The van der Waals surface area contributed by atoms with Crippen molar-refractivity contribution >= 4 is 56.2 Å². The zero-order valence-electron chi connectivity index (χ0n) is 18.2. The number of carbonyl (C=O) groups excluding carboxylic acids is 1. The summed E-state index contributed by atoms with van der Waals surface area (Å²) in [4.78, 5) is 25.7. The smallest absolute Gasteiger partial charge is 0.414 e. The number of alkyl halides is 1. The van der Waals surface area contributed by atoms with Crippen molar-refractivity contribution in [2.75, 3.05) is 25.9 Å². The third kappa shape index (κ3) is 5.44. The Morgan fingerprint density at radius 2 is 1.94 bits per heavy atom. The van der Waals surface area contributed by atoms with Gasteiger partial charge in [-0.15, -0.1) is 11.6 Å². The molecule has 34 heavy (non-hydrogen) atoms. The number of amides is 1. The van der Waals surface area contributed by atoms with Crippen LogP contribution in [0.25, 0.3) is 11.0 Å². The van der Waals surface area contributed by atoms with Crippen LogP contribution in [0.4, 0.5) is 14.9 Å². The molecule has 0 bridgehead atoms. The second kappa shape index (κ2) is 10.2. The Morgan fingerprint density at radius 1 is 1.24 bits per heavy atom. The van der Waals surface area contributed by atoms with Crippen LogP contribution in [-0.4, -0.2) is 40.6 Å². The molecule has 0 unspecified atom stereocenters. The highest BCUT2D eigenvalue weighted by Crippen LogP contribution is 2.32. The number of ether oxygens (including phenoxy) is 1. The number of carbonyl (C=O) groups is 1.